The third-order valence-corrected chi connectivity index (χ3v) is 5.01. The number of benzene rings is 2. The lowest BCUT2D eigenvalue weighted by Crippen LogP contribution is -2.12. The molecule has 1 aromatic heterocycles. The van der Waals surface area contributed by atoms with Gasteiger partial charge >= 0.3 is 0 Å². The molecule has 0 spiro atoms. The summed E-state index contributed by atoms with van der Waals surface area (Å²) in [4.78, 5) is 26.9. The molecule has 0 bridgehead atoms. The molecule has 0 radical (unpaired) electrons. The molecule has 0 aliphatic rings. The van der Waals surface area contributed by atoms with E-state index in [0.29, 0.717) is 35.8 Å². The van der Waals surface area contributed by atoms with Gasteiger partial charge < -0.3 is 10.1 Å². The zero-order chi connectivity index (χ0) is 20.6. The molecule has 8 heteroatoms. The predicted molar refractivity (Wildman–Crippen MR) is 113 cm³/mol. The second-order valence-electron chi connectivity index (χ2n) is 6.34. The Morgan fingerprint density at radius 3 is 2.76 bits per heavy atom. The fourth-order valence-electron chi connectivity index (χ4n) is 2.67. The minimum atomic E-state index is -0.446. The molecule has 0 unspecified atom stereocenters. The third-order valence-electron chi connectivity index (χ3n) is 4.25. The molecule has 0 aliphatic heterocycles. The molecule has 150 valence electrons. The van der Waals surface area contributed by atoms with E-state index < -0.39 is 4.92 Å². The van der Waals surface area contributed by atoms with Crippen molar-refractivity contribution in [2.75, 3.05) is 11.9 Å². The topological polar surface area (TPSA) is 94.4 Å². The first-order chi connectivity index (χ1) is 14.0. The number of aromatic nitrogens is 1. The third kappa shape index (κ3) is 5.86. The molecule has 1 amide bonds. The number of thiazole rings is 1. The average molecular weight is 411 g/mol. The molecule has 0 aliphatic carbocycles. The van der Waals surface area contributed by atoms with Crippen molar-refractivity contribution in [3.8, 4) is 17.0 Å². The van der Waals surface area contributed by atoms with Gasteiger partial charge in [-0.3, -0.25) is 14.9 Å². The lowest BCUT2D eigenvalue weighted by molar-refractivity contribution is -0.384. The number of nitro benzene ring substituents is 1. The van der Waals surface area contributed by atoms with Gasteiger partial charge in [0.15, 0.2) is 5.13 Å². The maximum Gasteiger partial charge on any atom is 0.270 e. The molecule has 2 aromatic carbocycles. The lowest BCUT2D eigenvalue weighted by atomic mass is 10.1. The SMILES string of the molecule is CCc1ccc(OCCCC(=O)Nc2nc(-c3cccc([N+](=O)[O-])c3)cs2)cc1. The summed E-state index contributed by atoms with van der Waals surface area (Å²) >= 11 is 1.28. The summed E-state index contributed by atoms with van der Waals surface area (Å²) in [6, 6.07) is 14.2. The molecule has 0 saturated carbocycles. The summed E-state index contributed by atoms with van der Waals surface area (Å²) < 4.78 is 5.65. The lowest BCUT2D eigenvalue weighted by Gasteiger charge is -2.06. The van der Waals surface area contributed by atoms with Crippen molar-refractivity contribution >= 4 is 28.1 Å². The second kappa shape index (κ2) is 9.79. The number of nitrogens with one attached hydrogen (secondary N) is 1. The standard InChI is InChI=1S/C21H21N3O4S/c1-2-15-8-10-18(11-9-15)28-12-4-7-20(25)23-21-22-19(14-29-21)16-5-3-6-17(13-16)24(26)27/h3,5-6,8-11,13-14H,2,4,7,12H2,1H3,(H,22,23,25). The Labute approximate surface area is 172 Å². The van der Waals surface area contributed by atoms with Gasteiger partial charge in [-0.2, -0.15) is 0 Å². The van der Waals surface area contributed by atoms with Gasteiger partial charge in [-0.25, -0.2) is 4.98 Å². The number of nitrogens with zero attached hydrogens (tertiary/aromatic N) is 2. The van der Waals surface area contributed by atoms with Gasteiger partial charge in [0, 0.05) is 29.5 Å². The molecule has 3 aromatic rings. The molecular formula is C21H21N3O4S. The Kier molecular flexibility index (Phi) is 6.91. The van der Waals surface area contributed by atoms with Gasteiger partial charge in [0.25, 0.3) is 5.69 Å². The predicted octanol–water partition coefficient (Wildman–Crippen LogP) is 5.08. The van der Waals surface area contributed by atoms with Crippen molar-refractivity contribution in [3.05, 3.63) is 69.6 Å². The van der Waals surface area contributed by atoms with Crippen LogP contribution in [0, 0.1) is 10.1 Å². The van der Waals surface area contributed by atoms with E-state index in [-0.39, 0.29) is 11.6 Å². The van der Waals surface area contributed by atoms with Gasteiger partial charge in [-0.05, 0) is 30.5 Å². The summed E-state index contributed by atoms with van der Waals surface area (Å²) in [6.07, 6.45) is 1.89. The first kappa shape index (κ1) is 20.5. The van der Waals surface area contributed by atoms with Crippen molar-refractivity contribution in [2.24, 2.45) is 0 Å². The number of amides is 1. The smallest absolute Gasteiger partial charge is 0.270 e. The van der Waals surface area contributed by atoms with Crippen LogP contribution < -0.4 is 10.1 Å². The molecular weight excluding hydrogens is 390 g/mol. The van der Waals surface area contributed by atoms with Crippen LogP contribution >= 0.6 is 11.3 Å². The molecule has 3 rings (SSSR count). The Hall–Kier alpha value is -3.26. The quantitative estimate of drug-likeness (QED) is 0.301. The molecule has 1 N–H and O–H groups in total. The number of ether oxygens (including phenoxy) is 1. The zero-order valence-corrected chi connectivity index (χ0v) is 16.8. The van der Waals surface area contributed by atoms with E-state index in [1.807, 2.05) is 24.3 Å². The summed E-state index contributed by atoms with van der Waals surface area (Å²) in [5, 5.41) is 15.9. The van der Waals surface area contributed by atoms with Crippen molar-refractivity contribution in [1.29, 1.82) is 0 Å². The van der Waals surface area contributed by atoms with Crippen LogP contribution in [0.5, 0.6) is 5.75 Å². The summed E-state index contributed by atoms with van der Waals surface area (Å²) in [6.45, 7) is 2.55. The summed E-state index contributed by atoms with van der Waals surface area (Å²) in [5.74, 6) is 0.652. The Bertz CT molecular complexity index is 986. The Balaban J connectivity index is 1.46. The van der Waals surface area contributed by atoms with E-state index in [4.69, 9.17) is 4.74 Å². The van der Waals surface area contributed by atoms with Gasteiger partial charge in [0.2, 0.25) is 5.91 Å². The molecule has 0 fully saturated rings. The van der Waals surface area contributed by atoms with E-state index in [9.17, 15) is 14.9 Å². The van der Waals surface area contributed by atoms with Crippen molar-refractivity contribution in [3.63, 3.8) is 0 Å². The number of carbonyl (C=O) groups is 1. The van der Waals surface area contributed by atoms with E-state index in [0.717, 1.165) is 12.2 Å². The number of rotatable bonds is 9. The number of hydrogen-bond donors (Lipinski definition) is 1. The normalized spacial score (nSPS) is 10.5. The summed E-state index contributed by atoms with van der Waals surface area (Å²) in [5.41, 5.74) is 2.49. The Morgan fingerprint density at radius 2 is 2.03 bits per heavy atom. The largest absolute Gasteiger partial charge is 0.494 e. The van der Waals surface area contributed by atoms with Crippen LogP contribution in [0.15, 0.2) is 53.9 Å². The van der Waals surface area contributed by atoms with E-state index in [1.54, 1.807) is 17.5 Å². The van der Waals surface area contributed by atoms with E-state index in [2.05, 4.69) is 17.2 Å². The number of carbonyl (C=O) groups excluding carboxylic acids is 1. The van der Waals surface area contributed by atoms with Crippen LogP contribution in [-0.2, 0) is 11.2 Å². The van der Waals surface area contributed by atoms with Crippen LogP contribution in [0.3, 0.4) is 0 Å². The monoisotopic (exact) mass is 411 g/mol. The number of anilines is 1. The minimum Gasteiger partial charge on any atom is -0.494 e. The van der Waals surface area contributed by atoms with E-state index >= 15 is 0 Å². The average Bonchev–Trinajstić information content (AvgIpc) is 3.20. The highest BCUT2D eigenvalue weighted by molar-refractivity contribution is 7.14. The Morgan fingerprint density at radius 1 is 1.24 bits per heavy atom. The van der Waals surface area contributed by atoms with E-state index in [1.165, 1.54) is 29.0 Å². The number of aryl methyl sites for hydroxylation is 1. The molecule has 0 atom stereocenters. The number of hydrogen-bond acceptors (Lipinski definition) is 6. The van der Waals surface area contributed by atoms with Crippen LogP contribution in [-0.4, -0.2) is 22.4 Å². The summed E-state index contributed by atoms with van der Waals surface area (Å²) in [7, 11) is 0. The van der Waals surface area contributed by atoms with Crippen LogP contribution in [0.1, 0.15) is 25.3 Å². The second-order valence-corrected chi connectivity index (χ2v) is 7.20. The van der Waals surface area contributed by atoms with Gasteiger partial charge in [0.1, 0.15) is 5.75 Å². The van der Waals surface area contributed by atoms with Crippen LogP contribution in [0.2, 0.25) is 0 Å². The minimum absolute atomic E-state index is 0.00502. The highest BCUT2D eigenvalue weighted by Gasteiger charge is 2.11. The highest BCUT2D eigenvalue weighted by Crippen LogP contribution is 2.27. The van der Waals surface area contributed by atoms with Crippen molar-refractivity contribution in [2.45, 2.75) is 26.2 Å². The van der Waals surface area contributed by atoms with Crippen LogP contribution in [0.4, 0.5) is 10.8 Å². The molecule has 0 saturated heterocycles. The van der Waals surface area contributed by atoms with Crippen molar-refractivity contribution in [1.82, 2.24) is 4.98 Å². The fraction of sp³-hybridized carbons (Fsp3) is 0.238. The maximum absolute atomic E-state index is 12.1. The van der Waals surface area contributed by atoms with Gasteiger partial charge in [-0.1, -0.05) is 31.2 Å². The number of non-ortho nitro benzene ring substituents is 1. The first-order valence-corrected chi connectivity index (χ1v) is 10.1. The first-order valence-electron chi connectivity index (χ1n) is 9.27. The van der Waals surface area contributed by atoms with Crippen LogP contribution in [0.25, 0.3) is 11.3 Å². The van der Waals surface area contributed by atoms with Gasteiger partial charge in [0.05, 0.1) is 17.2 Å². The van der Waals surface area contributed by atoms with Gasteiger partial charge in [-0.15, -0.1) is 11.3 Å². The molecule has 7 nitrogen and oxygen atoms in total. The highest BCUT2D eigenvalue weighted by atomic mass is 32.1. The fourth-order valence-corrected chi connectivity index (χ4v) is 3.40. The molecule has 29 heavy (non-hydrogen) atoms. The maximum atomic E-state index is 12.1. The molecule has 1 heterocycles. The zero-order valence-electron chi connectivity index (χ0n) is 16.0. The van der Waals surface area contributed by atoms with Crippen molar-refractivity contribution < 1.29 is 14.5 Å². The number of nitro groups is 1.